The van der Waals surface area contributed by atoms with E-state index in [2.05, 4.69) is 128 Å². The number of nitrogens with zero attached hydrogens (tertiary/aromatic N) is 1. The number of aryl methyl sites for hydroxylation is 2. The molecule has 48 heavy (non-hydrogen) atoms. The first-order valence-electron chi connectivity index (χ1n) is 19.2. The van der Waals surface area contributed by atoms with E-state index in [9.17, 15) is 0 Å². The van der Waals surface area contributed by atoms with Crippen molar-refractivity contribution in [3.05, 3.63) is 89.6 Å². The van der Waals surface area contributed by atoms with Crippen molar-refractivity contribution in [3.63, 3.8) is 0 Å². The molecule has 1 saturated heterocycles. The van der Waals surface area contributed by atoms with Crippen molar-refractivity contribution >= 4 is 0 Å². The maximum Gasteiger partial charge on any atom is 0.125 e. The van der Waals surface area contributed by atoms with Crippen molar-refractivity contribution in [2.24, 2.45) is 17.3 Å². The van der Waals surface area contributed by atoms with Crippen LogP contribution in [0.2, 0.25) is 0 Å². The summed E-state index contributed by atoms with van der Waals surface area (Å²) in [4.78, 5) is 2.48. The summed E-state index contributed by atoms with van der Waals surface area (Å²) in [6.07, 6.45) is 11.6. The molecule has 2 atom stereocenters. The minimum Gasteiger partial charge on any atom is -0.487 e. The van der Waals surface area contributed by atoms with Crippen LogP contribution in [0, 0.1) is 24.2 Å². The van der Waals surface area contributed by atoms with E-state index in [1.807, 2.05) is 40.8 Å². The minimum absolute atomic E-state index is 0.0953. The highest BCUT2D eigenvalue weighted by molar-refractivity contribution is 5.39. The molecular formula is C45H78N2O. The third-order valence-electron chi connectivity index (χ3n) is 9.40. The fourth-order valence-corrected chi connectivity index (χ4v) is 5.66. The van der Waals surface area contributed by atoms with E-state index < -0.39 is 0 Å². The van der Waals surface area contributed by atoms with Gasteiger partial charge in [0.1, 0.15) is 11.4 Å². The first kappa shape index (κ1) is 45.5. The quantitative estimate of drug-likeness (QED) is 0.255. The number of fused-ring (bicyclic) bond motifs is 2. The molecule has 2 unspecified atom stereocenters. The van der Waals surface area contributed by atoms with Crippen molar-refractivity contribution in [1.29, 1.82) is 0 Å². The minimum atomic E-state index is -0.0953. The van der Waals surface area contributed by atoms with Gasteiger partial charge in [0.2, 0.25) is 0 Å². The molecule has 3 nitrogen and oxygen atoms in total. The number of likely N-dealkylation sites (tertiary alicyclic amines) is 1. The van der Waals surface area contributed by atoms with E-state index in [4.69, 9.17) is 4.74 Å². The Balaban J connectivity index is 0.000000641. The zero-order valence-electron chi connectivity index (χ0n) is 34.2. The van der Waals surface area contributed by atoms with Crippen LogP contribution in [-0.4, -0.2) is 30.6 Å². The molecule has 1 fully saturated rings. The van der Waals surface area contributed by atoms with Crippen LogP contribution >= 0.6 is 0 Å². The second kappa shape index (κ2) is 23.8. The molecular weight excluding hydrogens is 585 g/mol. The van der Waals surface area contributed by atoms with Crippen LogP contribution in [0.3, 0.4) is 0 Å². The van der Waals surface area contributed by atoms with Crippen molar-refractivity contribution in [2.45, 2.75) is 153 Å². The van der Waals surface area contributed by atoms with Crippen LogP contribution in [0.1, 0.15) is 150 Å². The van der Waals surface area contributed by atoms with Gasteiger partial charge in [-0.25, -0.2) is 0 Å². The number of ether oxygens (including phenoxy) is 1. The number of allylic oxidation sites excluding steroid dienone is 2. The van der Waals surface area contributed by atoms with Gasteiger partial charge < -0.3 is 15.0 Å². The first-order chi connectivity index (χ1) is 22.7. The van der Waals surface area contributed by atoms with Gasteiger partial charge in [-0.15, -0.1) is 6.58 Å². The monoisotopic (exact) mass is 663 g/mol. The zero-order valence-corrected chi connectivity index (χ0v) is 34.2. The van der Waals surface area contributed by atoms with Crippen molar-refractivity contribution < 1.29 is 4.74 Å². The lowest BCUT2D eigenvalue weighted by atomic mass is 9.84. The second-order valence-electron chi connectivity index (χ2n) is 15.2. The number of hydrogen-bond acceptors (Lipinski definition) is 3. The Hall–Kier alpha value is -2.52. The Bertz CT molecular complexity index is 1160. The van der Waals surface area contributed by atoms with Crippen molar-refractivity contribution in [1.82, 2.24) is 10.2 Å². The molecule has 0 saturated carbocycles. The Morgan fingerprint density at radius 3 is 2.19 bits per heavy atom. The Morgan fingerprint density at radius 2 is 1.65 bits per heavy atom. The third-order valence-corrected chi connectivity index (χ3v) is 9.40. The summed E-state index contributed by atoms with van der Waals surface area (Å²) >= 11 is 0. The van der Waals surface area contributed by atoms with Gasteiger partial charge in [-0.2, -0.15) is 0 Å². The molecule has 2 heterocycles. The predicted molar refractivity (Wildman–Crippen MR) is 216 cm³/mol. The van der Waals surface area contributed by atoms with Gasteiger partial charge in [0.15, 0.2) is 0 Å². The average molecular weight is 663 g/mol. The standard InChI is InChI=1S/C16H21NO.C12H16.C7H16.C6H13N.2C2H6/c1-12-7-6-10-17(12)14-11-16(2,3)18-15-9-5-4-8-13(14)15;1-9-3-5-12-8-10(2)4-6-11(12)7-9;1-6(2)7(3,4)5;1-3-4-5-6-7-2;2*1-2/h4-5,8-9,14H,1,6-7,10-11H2,2-3H3;3,5,7,10H,4,6,8H2,1-2H3;6H,1-5H3;3,7H,1,4-6H2,2H3;2*1-2H3. The molecule has 0 bridgehead atoms. The highest BCUT2D eigenvalue weighted by Crippen LogP contribution is 2.45. The number of hydrogen-bond donors (Lipinski definition) is 1. The summed E-state index contributed by atoms with van der Waals surface area (Å²) < 4.78 is 6.09. The molecule has 0 aromatic heterocycles. The van der Waals surface area contributed by atoms with E-state index in [0.717, 1.165) is 49.9 Å². The fraction of sp³-hybridized carbons (Fsp3) is 0.644. The normalized spacial score (nSPS) is 18.6. The van der Waals surface area contributed by atoms with Gasteiger partial charge in [-0.3, -0.25) is 0 Å². The maximum absolute atomic E-state index is 6.09. The van der Waals surface area contributed by atoms with Crippen molar-refractivity contribution in [3.8, 4) is 5.75 Å². The lowest BCUT2D eigenvalue weighted by molar-refractivity contribution is 0.0433. The maximum atomic E-state index is 6.09. The van der Waals surface area contributed by atoms with Gasteiger partial charge in [0.25, 0.3) is 0 Å². The lowest BCUT2D eigenvalue weighted by Gasteiger charge is -2.42. The van der Waals surface area contributed by atoms with Crippen molar-refractivity contribution in [2.75, 3.05) is 20.1 Å². The van der Waals surface area contributed by atoms with E-state index in [1.165, 1.54) is 48.9 Å². The molecule has 5 rings (SSSR count). The number of para-hydroxylation sites is 1. The van der Waals surface area contributed by atoms with Crippen LogP contribution < -0.4 is 10.1 Å². The molecule has 2 aromatic rings. The predicted octanol–water partition coefficient (Wildman–Crippen LogP) is 12.9. The van der Waals surface area contributed by atoms with E-state index >= 15 is 0 Å². The summed E-state index contributed by atoms with van der Waals surface area (Å²) in [6.45, 7) is 38.2. The van der Waals surface area contributed by atoms with Gasteiger partial charge in [0, 0.05) is 24.2 Å². The Morgan fingerprint density at radius 1 is 1.02 bits per heavy atom. The zero-order chi connectivity index (χ0) is 36.9. The number of nitrogens with one attached hydrogen (secondary N) is 1. The summed E-state index contributed by atoms with van der Waals surface area (Å²) in [5, 5.41) is 3.05. The van der Waals surface area contributed by atoms with Crippen LogP contribution in [-0.2, 0) is 12.8 Å². The van der Waals surface area contributed by atoms with E-state index in [-0.39, 0.29) is 5.60 Å². The van der Waals surface area contributed by atoms with Crippen LogP contribution in [0.5, 0.6) is 5.75 Å². The molecule has 3 aliphatic rings. The Labute approximate surface area is 300 Å². The molecule has 0 radical (unpaired) electrons. The summed E-state index contributed by atoms with van der Waals surface area (Å²) in [5.74, 6) is 2.73. The van der Waals surface area contributed by atoms with Crippen LogP contribution in [0.25, 0.3) is 0 Å². The van der Waals surface area contributed by atoms with E-state index in [1.54, 1.807) is 11.1 Å². The second-order valence-corrected chi connectivity index (χ2v) is 15.2. The van der Waals surface area contributed by atoms with Gasteiger partial charge in [0.05, 0.1) is 6.04 Å². The SMILES string of the molecule is C=C1CCCN1C1CC(C)(C)Oc2ccccc21.C=CCCCNC.CC.CC.CC(C)C(C)(C)C.Cc1ccc2c(c1)CCC(C)C2. The number of rotatable bonds is 5. The molecule has 2 aliphatic heterocycles. The highest BCUT2D eigenvalue weighted by Gasteiger charge is 2.38. The molecule has 2 aromatic carbocycles. The summed E-state index contributed by atoms with van der Waals surface area (Å²) in [5.41, 5.74) is 7.59. The topological polar surface area (TPSA) is 24.5 Å². The average Bonchev–Trinajstić information content (AvgIpc) is 3.48. The summed E-state index contributed by atoms with van der Waals surface area (Å²) in [6, 6.07) is 15.8. The molecule has 274 valence electrons. The highest BCUT2D eigenvalue weighted by atomic mass is 16.5. The molecule has 0 amide bonds. The lowest BCUT2D eigenvalue weighted by Crippen LogP contribution is -2.40. The fourth-order valence-electron chi connectivity index (χ4n) is 5.66. The third kappa shape index (κ3) is 16.7. The van der Waals surface area contributed by atoms with Gasteiger partial charge in [-0.05, 0) is 114 Å². The first-order valence-corrected chi connectivity index (χ1v) is 19.2. The molecule has 1 N–H and O–H groups in total. The number of unbranched alkanes of at least 4 members (excludes halogenated alkanes) is 1. The van der Waals surface area contributed by atoms with Crippen LogP contribution in [0.15, 0.2) is 67.4 Å². The number of benzene rings is 2. The smallest absolute Gasteiger partial charge is 0.125 e. The largest absolute Gasteiger partial charge is 0.487 e. The molecule has 3 heteroatoms. The van der Waals surface area contributed by atoms with Crippen LogP contribution in [0.4, 0.5) is 0 Å². The molecule has 1 aliphatic carbocycles. The van der Waals surface area contributed by atoms with Gasteiger partial charge in [-0.1, -0.05) is 124 Å². The summed E-state index contributed by atoms with van der Waals surface area (Å²) in [7, 11) is 1.96. The van der Waals surface area contributed by atoms with Gasteiger partial charge >= 0.3 is 0 Å². The Kier molecular flexibility index (Phi) is 22.5. The van der Waals surface area contributed by atoms with E-state index in [0.29, 0.717) is 11.5 Å². The molecule has 0 spiro atoms.